The van der Waals surface area contributed by atoms with Crippen LogP contribution in [0.2, 0.25) is 0 Å². The van der Waals surface area contributed by atoms with Crippen LogP contribution in [0.5, 0.6) is 11.5 Å². The Balaban J connectivity index is 1.59. The predicted molar refractivity (Wildman–Crippen MR) is 138 cm³/mol. The van der Waals surface area contributed by atoms with E-state index in [0.717, 1.165) is 33.9 Å². The largest absolute Gasteiger partial charge is 0.493 e. The summed E-state index contributed by atoms with van der Waals surface area (Å²) in [6.07, 6.45) is 2.61. The summed E-state index contributed by atoms with van der Waals surface area (Å²) in [7, 11) is 1.69. The van der Waals surface area contributed by atoms with Crippen molar-refractivity contribution in [1.29, 1.82) is 0 Å². The summed E-state index contributed by atoms with van der Waals surface area (Å²) in [5, 5.41) is 5.99. The van der Waals surface area contributed by atoms with Crippen LogP contribution in [-0.4, -0.2) is 7.11 Å². The zero-order chi connectivity index (χ0) is 23.2. The summed E-state index contributed by atoms with van der Waals surface area (Å²) in [5.74, 6) is 1.52. The quantitative estimate of drug-likeness (QED) is 0.277. The highest BCUT2D eigenvalue weighted by molar-refractivity contribution is 5.85. The van der Waals surface area contributed by atoms with Crippen LogP contribution in [0.15, 0.2) is 85.5 Å². The van der Waals surface area contributed by atoms with Crippen LogP contribution in [-0.2, 0) is 19.6 Å². The molecule has 0 aliphatic carbocycles. The minimum atomic E-state index is 0.474. The number of nitrogens with one attached hydrogen (secondary N) is 1. The molecule has 0 amide bonds. The van der Waals surface area contributed by atoms with Gasteiger partial charge in [-0.05, 0) is 71.5 Å². The summed E-state index contributed by atoms with van der Waals surface area (Å²) >= 11 is 0. The number of hydrogen-bond donors (Lipinski definition) is 1. The molecule has 1 N–H and O–H groups in total. The van der Waals surface area contributed by atoms with Gasteiger partial charge in [0, 0.05) is 17.8 Å². The van der Waals surface area contributed by atoms with Gasteiger partial charge in [-0.2, -0.15) is 0 Å². The number of hydrogen-bond acceptors (Lipinski definition) is 3. The van der Waals surface area contributed by atoms with Crippen molar-refractivity contribution in [2.75, 3.05) is 12.4 Å². The van der Waals surface area contributed by atoms with Crippen LogP contribution in [0.25, 0.3) is 10.8 Å². The number of aryl methyl sites for hydroxylation is 2. The topological polar surface area (TPSA) is 30.5 Å². The van der Waals surface area contributed by atoms with Crippen molar-refractivity contribution >= 4 is 16.5 Å². The normalized spacial score (nSPS) is 10.8. The summed E-state index contributed by atoms with van der Waals surface area (Å²) in [4.78, 5) is 0. The molecule has 0 fully saturated rings. The standard InChI is InChI=1S/C30H31NO2/c1-5-9-25-17-23(19-31-28-16-21(2)14-15-22(28)3)18-29(32-4)30(25)33-20-26-12-8-11-24-10-6-7-13-27(24)26/h5-8,10-18,31H,1,9,19-20H2,2-4H3. The van der Waals surface area contributed by atoms with Gasteiger partial charge >= 0.3 is 0 Å². The van der Waals surface area contributed by atoms with E-state index in [0.29, 0.717) is 19.6 Å². The second-order valence-corrected chi connectivity index (χ2v) is 8.38. The van der Waals surface area contributed by atoms with Crippen LogP contribution in [0.3, 0.4) is 0 Å². The third-order valence-electron chi connectivity index (χ3n) is 5.90. The average molecular weight is 438 g/mol. The number of anilines is 1. The fraction of sp³-hybridized carbons (Fsp3) is 0.200. The first-order chi connectivity index (χ1) is 16.1. The Bertz CT molecular complexity index is 1270. The number of fused-ring (bicyclic) bond motifs is 1. The lowest BCUT2D eigenvalue weighted by Crippen LogP contribution is -2.06. The lowest BCUT2D eigenvalue weighted by molar-refractivity contribution is 0.283. The van der Waals surface area contributed by atoms with E-state index in [9.17, 15) is 0 Å². The summed E-state index contributed by atoms with van der Waals surface area (Å²) in [5.41, 5.74) is 6.99. The van der Waals surface area contributed by atoms with Crippen molar-refractivity contribution in [2.24, 2.45) is 0 Å². The first-order valence-corrected chi connectivity index (χ1v) is 11.3. The molecular formula is C30H31NO2. The molecule has 0 unspecified atom stereocenters. The molecule has 4 rings (SSSR count). The van der Waals surface area contributed by atoms with E-state index >= 15 is 0 Å². The highest BCUT2D eigenvalue weighted by Gasteiger charge is 2.14. The lowest BCUT2D eigenvalue weighted by Gasteiger charge is -2.18. The van der Waals surface area contributed by atoms with E-state index in [1.165, 1.54) is 21.9 Å². The molecule has 33 heavy (non-hydrogen) atoms. The average Bonchev–Trinajstić information content (AvgIpc) is 2.83. The van der Waals surface area contributed by atoms with Gasteiger partial charge in [-0.1, -0.05) is 60.7 Å². The highest BCUT2D eigenvalue weighted by atomic mass is 16.5. The van der Waals surface area contributed by atoms with Crippen LogP contribution in [0, 0.1) is 13.8 Å². The maximum absolute atomic E-state index is 6.37. The van der Waals surface area contributed by atoms with Gasteiger partial charge in [-0.25, -0.2) is 0 Å². The molecule has 0 heterocycles. The molecule has 0 saturated carbocycles. The number of ether oxygens (including phenoxy) is 2. The van der Waals surface area contributed by atoms with E-state index in [1.807, 2.05) is 6.08 Å². The van der Waals surface area contributed by atoms with Gasteiger partial charge in [0.05, 0.1) is 7.11 Å². The Morgan fingerprint density at radius 2 is 1.73 bits per heavy atom. The molecule has 4 aromatic rings. The minimum absolute atomic E-state index is 0.474. The van der Waals surface area contributed by atoms with E-state index in [2.05, 4.69) is 98.5 Å². The van der Waals surface area contributed by atoms with Gasteiger partial charge in [0.25, 0.3) is 0 Å². The Kier molecular flexibility index (Phi) is 6.99. The van der Waals surface area contributed by atoms with Gasteiger partial charge in [0.2, 0.25) is 0 Å². The second kappa shape index (κ2) is 10.3. The lowest BCUT2D eigenvalue weighted by atomic mass is 10.0. The molecular weight excluding hydrogens is 406 g/mol. The molecule has 0 aliphatic heterocycles. The summed E-state index contributed by atoms with van der Waals surface area (Å²) < 4.78 is 12.1. The number of methoxy groups -OCH3 is 1. The van der Waals surface area contributed by atoms with Crippen LogP contribution >= 0.6 is 0 Å². The molecule has 0 radical (unpaired) electrons. The third-order valence-corrected chi connectivity index (χ3v) is 5.90. The van der Waals surface area contributed by atoms with Gasteiger partial charge in [0.1, 0.15) is 6.61 Å². The zero-order valence-electron chi connectivity index (χ0n) is 19.7. The third kappa shape index (κ3) is 5.20. The van der Waals surface area contributed by atoms with Crippen molar-refractivity contribution in [3.63, 3.8) is 0 Å². The molecule has 3 heteroatoms. The van der Waals surface area contributed by atoms with E-state index < -0.39 is 0 Å². The van der Waals surface area contributed by atoms with Crippen molar-refractivity contribution < 1.29 is 9.47 Å². The molecule has 0 aromatic heterocycles. The fourth-order valence-corrected chi connectivity index (χ4v) is 4.14. The molecule has 0 atom stereocenters. The fourth-order valence-electron chi connectivity index (χ4n) is 4.14. The van der Waals surface area contributed by atoms with E-state index in [1.54, 1.807) is 7.11 Å². The summed E-state index contributed by atoms with van der Waals surface area (Å²) in [6, 6.07) is 25.4. The molecule has 4 aromatic carbocycles. The Labute approximate surface area is 196 Å². The summed E-state index contributed by atoms with van der Waals surface area (Å²) in [6.45, 7) is 9.35. The predicted octanol–water partition coefficient (Wildman–Crippen LogP) is 7.38. The van der Waals surface area contributed by atoms with Crippen molar-refractivity contribution in [3.8, 4) is 11.5 Å². The maximum Gasteiger partial charge on any atom is 0.165 e. The zero-order valence-corrected chi connectivity index (χ0v) is 19.7. The van der Waals surface area contributed by atoms with Gasteiger partial charge in [-0.3, -0.25) is 0 Å². The van der Waals surface area contributed by atoms with E-state index in [-0.39, 0.29) is 0 Å². The van der Waals surface area contributed by atoms with E-state index in [4.69, 9.17) is 9.47 Å². The van der Waals surface area contributed by atoms with Gasteiger partial charge < -0.3 is 14.8 Å². The minimum Gasteiger partial charge on any atom is -0.493 e. The number of rotatable bonds is 9. The molecule has 0 bridgehead atoms. The molecule has 0 aliphatic rings. The van der Waals surface area contributed by atoms with Crippen LogP contribution in [0.4, 0.5) is 5.69 Å². The Morgan fingerprint density at radius 3 is 2.55 bits per heavy atom. The van der Waals surface area contributed by atoms with Crippen molar-refractivity contribution in [2.45, 2.75) is 33.4 Å². The first kappa shape index (κ1) is 22.5. The monoisotopic (exact) mass is 437 g/mol. The van der Waals surface area contributed by atoms with Gasteiger partial charge in [-0.15, -0.1) is 6.58 Å². The SMILES string of the molecule is C=CCc1cc(CNc2cc(C)ccc2C)cc(OC)c1OCc1cccc2ccccc12. The number of benzene rings is 4. The van der Waals surface area contributed by atoms with Crippen LogP contribution < -0.4 is 14.8 Å². The molecule has 3 nitrogen and oxygen atoms in total. The maximum atomic E-state index is 6.37. The first-order valence-electron chi connectivity index (χ1n) is 11.3. The second-order valence-electron chi connectivity index (χ2n) is 8.38. The molecule has 0 spiro atoms. The number of allylic oxidation sites excluding steroid dienone is 1. The molecule has 168 valence electrons. The molecule has 0 saturated heterocycles. The van der Waals surface area contributed by atoms with Gasteiger partial charge in [0.15, 0.2) is 11.5 Å². The Morgan fingerprint density at radius 1 is 0.909 bits per heavy atom. The smallest absolute Gasteiger partial charge is 0.165 e. The van der Waals surface area contributed by atoms with Crippen LogP contribution in [0.1, 0.15) is 27.8 Å². The van der Waals surface area contributed by atoms with Crippen molar-refractivity contribution in [3.05, 3.63) is 113 Å². The Hall–Kier alpha value is -3.72. The van der Waals surface area contributed by atoms with Crippen molar-refractivity contribution in [1.82, 2.24) is 0 Å². The highest BCUT2D eigenvalue weighted by Crippen LogP contribution is 2.35.